The van der Waals surface area contributed by atoms with Crippen molar-refractivity contribution >= 4 is 22.9 Å². The van der Waals surface area contributed by atoms with Gasteiger partial charge in [0.05, 0.1) is 0 Å². The molecule has 0 aliphatic heterocycles. The fraction of sp³-hybridized carbons (Fsp3) is 0.267. The molecule has 0 aliphatic rings. The number of carbonyl (C=O) groups is 1. The quantitative estimate of drug-likeness (QED) is 0.266. The monoisotopic (exact) mass is 464 g/mol. The van der Waals surface area contributed by atoms with Crippen molar-refractivity contribution < 1.29 is 4.79 Å². The predicted octanol–water partition coefficient (Wildman–Crippen LogP) is 6.14. The second-order valence-corrected chi connectivity index (χ2v) is 9.99. The van der Waals surface area contributed by atoms with E-state index in [2.05, 4.69) is 72.0 Å². The zero-order valence-corrected chi connectivity index (χ0v) is 21.1. The van der Waals surface area contributed by atoms with Crippen molar-refractivity contribution in [1.29, 1.82) is 5.26 Å². The molecule has 4 aromatic rings. The number of nitrogens with one attached hydrogen (secondary N) is 2. The molecule has 1 amide bonds. The molecule has 0 saturated heterocycles. The van der Waals surface area contributed by atoms with Gasteiger partial charge in [-0.3, -0.25) is 4.79 Å². The fourth-order valence-corrected chi connectivity index (χ4v) is 4.49. The van der Waals surface area contributed by atoms with Gasteiger partial charge in [0, 0.05) is 40.7 Å². The Morgan fingerprint density at radius 2 is 1.83 bits per heavy atom. The lowest BCUT2D eigenvalue weighted by molar-refractivity contribution is -0.117. The van der Waals surface area contributed by atoms with Gasteiger partial charge >= 0.3 is 0 Å². The molecule has 0 spiro atoms. The second kappa shape index (κ2) is 9.68. The topological polar surface area (TPSA) is 73.6 Å². The first kappa shape index (κ1) is 24.1. The second-order valence-electron chi connectivity index (χ2n) is 9.99. The molecule has 0 fully saturated rings. The molecular weight excluding hydrogens is 432 g/mol. The third kappa shape index (κ3) is 5.07. The normalized spacial score (nSPS) is 12.1. The lowest BCUT2D eigenvalue weighted by Gasteiger charge is -2.20. The molecule has 0 saturated carbocycles. The summed E-state index contributed by atoms with van der Waals surface area (Å²) in [6.07, 6.45) is 4.34. The Bertz CT molecular complexity index is 1440. The lowest BCUT2D eigenvalue weighted by atomic mass is 9.87. The van der Waals surface area contributed by atoms with Gasteiger partial charge in [-0.2, -0.15) is 5.26 Å². The molecule has 2 aromatic carbocycles. The molecule has 5 nitrogen and oxygen atoms in total. The number of nitrogens with zero attached hydrogens (tertiary/aromatic N) is 2. The lowest BCUT2D eigenvalue weighted by Crippen LogP contribution is -2.26. The molecule has 0 aliphatic carbocycles. The van der Waals surface area contributed by atoms with Crippen LogP contribution >= 0.6 is 0 Å². The molecule has 35 heavy (non-hydrogen) atoms. The van der Waals surface area contributed by atoms with E-state index in [1.807, 2.05) is 44.3 Å². The molecule has 5 heteroatoms. The number of amides is 1. The van der Waals surface area contributed by atoms with Crippen molar-refractivity contribution in [2.75, 3.05) is 6.54 Å². The Morgan fingerprint density at radius 3 is 2.51 bits per heavy atom. The summed E-state index contributed by atoms with van der Waals surface area (Å²) >= 11 is 0. The average molecular weight is 465 g/mol. The highest BCUT2D eigenvalue weighted by atomic mass is 16.1. The first-order valence-electron chi connectivity index (χ1n) is 11.9. The maximum Gasteiger partial charge on any atom is 0.261 e. The fourth-order valence-electron chi connectivity index (χ4n) is 4.49. The van der Waals surface area contributed by atoms with Crippen molar-refractivity contribution in [1.82, 2.24) is 14.9 Å². The average Bonchev–Trinajstić information content (AvgIpc) is 3.36. The van der Waals surface area contributed by atoms with Crippen LogP contribution in [0.4, 0.5) is 0 Å². The van der Waals surface area contributed by atoms with E-state index in [-0.39, 0.29) is 16.9 Å². The maximum atomic E-state index is 12.8. The number of benzene rings is 2. The van der Waals surface area contributed by atoms with E-state index in [1.165, 1.54) is 5.56 Å². The number of aromatic amines is 1. The summed E-state index contributed by atoms with van der Waals surface area (Å²) in [4.78, 5) is 16.0. The Morgan fingerprint density at radius 1 is 1.11 bits per heavy atom. The van der Waals surface area contributed by atoms with Gasteiger partial charge in [0.15, 0.2) is 0 Å². The number of hydrogen-bond acceptors (Lipinski definition) is 2. The van der Waals surface area contributed by atoms with E-state index >= 15 is 0 Å². The van der Waals surface area contributed by atoms with E-state index in [1.54, 1.807) is 6.08 Å². The van der Waals surface area contributed by atoms with Crippen molar-refractivity contribution in [3.05, 3.63) is 94.4 Å². The largest absolute Gasteiger partial charge is 0.361 e. The van der Waals surface area contributed by atoms with Gasteiger partial charge in [0.25, 0.3) is 5.91 Å². The molecular formula is C30H32N4O. The van der Waals surface area contributed by atoms with E-state index in [4.69, 9.17) is 0 Å². The first-order chi connectivity index (χ1) is 16.7. The molecule has 0 radical (unpaired) electrons. The first-order valence-corrected chi connectivity index (χ1v) is 11.9. The van der Waals surface area contributed by atoms with Crippen molar-refractivity contribution in [2.45, 2.75) is 46.5 Å². The summed E-state index contributed by atoms with van der Waals surface area (Å²) in [7, 11) is 0. The molecule has 0 unspecified atom stereocenters. The zero-order chi connectivity index (χ0) is 25.2. The summed E-state index contributed by atoms with van der Waals surface area (Å²) in [5.74, 6) is -0.355. The van der Waals surface area contributed by atoms with Crippen LogP contribution in [0.3, 0.4) is 0 Å². The number of aryl methyl sites for hydroxylation is 1. The van der Waals surface area contributed by atoms with Gasteiger partial charge in [0.1, 0.15) is 11.6 Å². The maximum absolute atomic E-state index is 12.8. The highest BCUT2D eigenvalue weighted by molar-refractivity contribution is 6.01. The van der Waals surface area contributed by atoms with Gasteiger partial charge in [-0.1, -0.05) is 51.1 Å². The van der Waals surface area contributed by atoms with Crippen molar-refractivity contribution in [2.24, 2.45) is 0 Å². The number of carbonyl (C=O) groups excluding carboxylic acids is 1. The van der Waals surface area contributed by atoms with Crippen molar-refractivity contribution in [3.8, 4) is 11.8 Å². The van der Waals surface area contributed by atoms with Crippen LogP contribution in [0.15, 0.2) is 66.4 Å². The minimum absolute atomic E-state index is 0.0937. The summed E-state index contributed by atoms with van der Waals surface area (Å²) in [6.45, 7) is 11.1. The zero-order valence-electron chi connectivity index (χ0n) is 21.1. The Hall–Kier alpha value is -4.04. The van der Waals surface area contributed by atoms with Gasteiger partial charge in [-0.05, 0) is 72.7 Å². The minimum atomic E-state index is -0.355. The Kier molecular flexibility index (Phi) is 6.66. The van der Waals surface area contributed by atoms with Crippen LogP contribution in [0, 0.1) is 25.2 Å². The highest BCUT2D eigenvalue weighted by Crippen LogP contribution is 2.26. The van der Waals surface area contributed by atoms with Crippen LogP contribution in [0.1, 0.15) is 48.8 Å². The molecule has 178 valence electrons. The molecule has 2 aromatic heterocycles. The predicted molar refractivity (Wildman–Crippen MR) is 143 cm³/mol. The summed E-state index contributed by atoms with van der Waals surface area (Å²) in [5.41, 5.74) is 7.67. The summed E-state index contributed by atoms with van der Waals surface area (Å²) in [6, 6.07) is 20.7. The van der Waals surface area contributed by atoms with Crippen LogP contribution in [-0.2, 0) is 16.6 Å². The van der Waals surface area contributed by atoms with Gasteiger partial charge in [-0.15, -0.1) is 0 Å². The smallest absolute Gasteiger partial charge is 0.261 e. The number of aromatic nitrogens is 2. The standard InChI is InChI=1S/C30H32N4O/c1-20-16-23(21(2)34(20)26-12-10-25(11-13-26)30(3,4)5)17-24(18-31)29(35)32-15-14-22-19-33-28-9-7-6-8-27(22)28/h6-13,16-17,19,33H,14-15H2,1-5H3,(H,32,35)/b24-17-. The van der Waals surface area contributed by atoms with Crippen LogP contribution in [0.2, 0.25) is 0 Å². The van der Waals surface area contributed by atoms with Crippen LogP contribution in [0.25, 0.3) is 22.7 Å². The Labute approximate surface area is 207 Å². The Balaban J connectivity index is 1.49. The molecule has 2 heterocycles. The third-order valence-electron chi connectivity index (χ3n) is 6.48. The number of hydrogen-bond donors (Lipinski definition) is 2. The van der Waals surface area contributed by atoms with Crippen LogP contribution in [0.5, 0.6) is 0 Å². The third-order valence-corrected chi connectivity index (χ3v) is 6.48. The highest BCUT2D eigenvalue weighted by Gasteiger charge is 2.16. The number of para-hydroxylation sites is 1. The number of rotatable bonds is 6. The molecule has 2 N–H and O–H groups in total. The van der Waals surface area contributed by atoms with Crippen LogP contribution in [-0.4, -0.2) is 22.0 Å². The number of nitriles is 1. The summed E-state index contributed by atoms with van der Waals surface area (Å²) in [5, 5.41) is 13.7. The van der Waals surface area contributed by atoms with E-state index in [9.17, 15) is 10.1 Å². The van der Waals surface area contributed by atoms with E-state index in [0.717, 1.165) is 39.1 Å². The van der Waals surface area contributed by atoms with E-state index in [0.29, 0.717) is 13.0 Å². The number of H-pyrrole nitrogens is 1. The SMILES string of the molecule is Cc1cc(/C=C(/C#N)C(=O)NCCc2c[nH]c3ccccc23)c(C)n1-c1ccc(C(C)(C)C)cc1. The van der Waals surface area contributed by atoms with Crippen molar-refractivity contribution in [3.63, 3.8) is 0 Å². The minimum Gasteiger partial charge on any atom is -0.361 e. The van der Waals surface area contributed by atoms with Gasteiger partial charge in [-0.25, -0.2) is 0 Å². The van der Waals surface area contributed by atoms with E-state index < -0.39 is 0 Å². The van der Waals surface area contributed by atoms with Crippen LogP contribution < -0.4 is 5.32 Å². The summed E-state index contributed by atoms with van der Waals surface area (Å²) < 4.78 is 2.15. The van der Waals surface area contributed by atoms with Gasteiger partial charge in [0.2, 0.25) is 0 Å². The molecule has 4 rings (SSSR count). The number of fused-ring (bicyclic) bond motifs is 1. The molecule has 0 bridgehead atoms. The molecule has 0 atom stereocenters. The van der Waals surface area contributed by atoms with Gasteiger partial charge < -0.3 is 14.9 Å².